The van der Waals surface area contributed by atoms with Gasteiger partial charge in [-0.05, 0) is 56.0 Å². The van der Waals surface area contributed by atoms with Gasteiger partial charge in [0.05, 0.1) is 0 Å². The first kappa shape index (κ1) is 25.1. The van der Waals surface area contributed by atoms with E-state index in [0.717, 1.165) is 42.6 Å². The van der Waals surface area contributed by atoms with Crippen LogP contribution in [0.25, 0.3) is 10.6 Å². The molecule has 0 atom stereocenters. The van der Waals surface area contributed by atoms with Crippen LogP contribution in [0.1, 0.15) is 0 Å². The van der Waals surface area contributed by atoms with E-state index in [1.165, 1.54) is 9.79 Å². The summed E-state index contributed by atoms with van der Waals surface area (Å²) in [6.07, 6.45) is 0. The summed E-state index contributed by atoms with van der Waals surface area (Å²) in [5, 5.41) is 10.6. The molecule has 0 N–H and O–H groups in total. The molecule has 2 nitrogen and oxygen atoms in total. The molecular formula is C24H14Cl4N2PtS2. The Labute approximate surface area is 228 Å². The van der Waals surface area contributed by atoms with Crippen molar-refractivity contribution in [3.8, 4) is 0 Å². The number of rotatable bonds is 0. The third-order valence-electron chi connectivity index (χ3n) is 4.49. The molecule has 4 aromatic rings. The van der Waals surface area contributed by atoms with Crippen LogP contribution in [0.2, 0.25) is 10.0 Å². The van der Waals surface area contributed by atoms with Crippen molar-refractivity contribution in [2.75, 3.05) is 0 Å². The Morgan fingerprint density at radius 3 is 1.30 bits per heavy atom. The minimum atomic E-state index is -0.472. The summed E-state index contributed by atoms with van der Waals surface area (Å²) < 4.78 is 0. The van der Waals surface area contributed by atoms with E-state index in [-0.39, 0.29) is 0 Å². The molecule has 0 unspecified atom stereocenters. The molecule has 170 valence electrons. The van der Waals surface area contributed by atoms with Crippen molar-refractivity contribution in [2.24, 2.45) is 0 Å². The third kappa shape index (κ3) is 6.58. The number of benzene rings is 4. The second kappa shape index (κ2) is 12.1. The van der Waals surface area contributed by atoms with Crippen LogP contribution >= 0.6 is 65.6 Å². The Kier molecular flexibility index (Phi) is 9.24. The van der Waals surface area contributed by atoms with Crippen molar-refractivity contribution in [2.45, 2.75) is 19.6 Å². The van der Waals surface area contributed by atoms with Crippen LogP contribution in [-0.2, 0) is 16.5 Å². The molecule has 33 heavy (non-hydrogen) atoms. The van der Waals surface area contributed by atoms with Crippen LogP contribution in [0, 0.1) is 0 Å². The van der Waals surface area contributed by atoms with Gasteiger partial charge in [-0.2, -0.15) is 0 Å². The van der Waals surface area contributed by atoms with E-state index < -0.39 is 16.5 Å². The average Bonchev–Trinajstić information content (AvgIpc) is 2.82. The molecule has 2 heterocycles. The molecule has 0 bridgehead atoms. The second-order valence-electron chi connectivity index (χ2n) is 6.63. The normalized spacial score (nSPS) is 12.1. The minimum absolute atomic E-state index is 0.472. The van der Waals surface area contributed by atoms with Gasteiger partial charge in [-0.25, -0.2) is 0 Å². The molecule has 9 heteroatoms. The van der Waals surface area contributed by atoms with Crippen molar-refractivity contribution in [1.29, 1.82) is 0 Å². The van der Waals surface area contributed by atoms with Crippen molar-refractivity contribution in [3.63, 3.8) is 0 Å². The molecule has 0 aliphatic carbocycles. The van der Waals surface area contributed by atoms with Gasteiger partial charge in [-0.1, -0.05) is 95.3 Å². The van der Waals surface area contributed by atoms with Crippen molar-refractivity contribution < 1.29 is 16.5 Å². The van der Waals surface area contributed by atoms with Gasteiger partial charge in [0, 0.05) is 10.0 Å². The Balaban J connectivity index is 0.000000141. The number of hydrogen-bond acceptors (Lipinski definition) is 2. The standard InChI is InChI=1S/2C12H7ClNS.2ClH.Pt/c2*13-8-5-6-12-10(7-8)14-9-3-1-2-4-11(9)15-12;;;/h2*1-7H;2*1H;/q2*-1;;;+4/p-2. The van der Waals surface area contributed by atoms with E-state index in [2.05, 4.69) is 22.8 Å². The zero-order valence-corrected chi connectivity index (χ0v) is 23.6. The number of hydrogen-bond donors (Lipinski definition) is 0. The Morgan fingerprint density at radius 2 is 0.879 bits per heavy atom. The first-order valence-corrected chi connectivity index (χ1v) is 17.5. The first-order valence-electron chi connectivity index (χ1n) is 9.46. The van der Waals surface area contributed by atoms with Crippen molar-refractivity contribution in [3.05, 3.63) is 106 Å². The molecule has 4 aromatic carbocycles. The van der Waals surface area contributed by atoms with E-state index in [1.54, 1.807) is 23.5 Å². The fourth-order valence-electron chi connectivity index (χ4n) is 3.10. The molecule has 2 aliphatic rings. The fourth-order valence-corrected chi connectivity index (χ4v) is 5.32. The molecule has 0 amide bonds. The zero-order chi connectivity index (χ0) is 23.2. The average molecular weight is 731 g/mol. The molecule has 0 fully saturated rings. The Bertz CT molecular complexity index is 1180. The summed E-state index contributed by atoms with van der Waals surface area (Å²) >= 11 is 14.9. The summed E-state index contributed by atoms with van der Waals surface area (Å²) in [6.45, 7) is 0. The fraction of sp³-hybridized carbons (Fsp3) is 0. The van der Waals surface area contributed by atoms with Gasteiger partial charge >= 0.3 is 35.3 Å². The van der Waals surface area contributed by atoms with Gasteiger partial charge in [0.25, 0.3) is 0 Å². The summed E-state index contributed by atoms with van der Waals surface area (Å²) in [4.78, 5) is 4.73. The van der Waals surface area contributed by atoms with E-state index in [1.807, 2.05) is 72.8 Å². The Morgan fingerprint density at radius 1 is 0.515 bits per heavy atom. The second-order valence-corrected chi connectivity index (χ2v) is 13.0. The molecule has 0 aromatic heterocycles. The summed E-state index contributed by atoms with van der Waals surface area (Å²) in [5.41, 5.74) is 3.98. The van der Waals surface area contributed by atoms with Crippen LogP contribution in [0.15, 0.2) is 105 Å². The predicted molar refractivity (Wildman–Crippen MR) is 141 cm³/mol. The quantitative estimate of drug-likeness (QED) is 0.156. The molecule has 0 saturated carbocycles. The van der Waals surface area contributed by atoms with Crippen LogP contribution in [-0.4, -0.2) is 0 Å². The summed E-state index contributed by atoms with van der Waals surface area (Å²) in [6, 6.07) is 27.9. The number of fused-ring (bicyclic) bond motifs is 4. The predicted octanol–water partition coefficient (Wildman–Crippen LogP) is 11.7. The van der Waals surface area contributed by atoms with Gasteiger partial charge in [0.2, 0.25) is 0 Å². The van der Waals surface area contributed by atoms with Crippen LogP contribution < -0.4 is 0 Å². The van der Waals surface area contributed by atoms with Crippen LogP contribution in [0.5, 0.6) is 0 Å². The molecule has 6 rings (SSSR count). The van der Waals surface area contributed by atoms with Crippen LogP contribution in [0.3, 0.4) is 0 Å². The first-order chi connectivity index (χ1) is 16.1. The molecular weight excluding hydrogens is 717 g/mol. The molecule has 0 saturated heterocycles. The number of halogens is 4. The van der Waals surface area contributed by atoms with Gasteiger partial charge in [-0.15, -0.1) is 22.7 Å². The zero-order valence-electron chi connectivity index (χ0n) is 16.6. The van der Waals surface area contributed by atoms with Gasteiger partial charge < -0.3 is 10.6 Å². The maximum absolute atomic E-state index is 5.93. The maximum atomic E-state index is 5.93. The van der Waals surface area contributed by atoms with Crippen LogP contribution in [0.4, 0.5) is 22.7 Å². The van der Waals surface area contributed by atoms with Gasteiger partial charge in [0.15, 0.2) is 0 Å². The van der Waals surface area contributed by atoms with E-state index in [9.17, 15) is 0 Å². The van der Waals surface area contributed by atoms with E-state index in [4.69, 9.17) is 42.0 Å². The van der Waals surface area contributed by atoms with Gasteiger partial charge in [-0.3, -0.25) is 0 Å². The monoisotopic (exact) mass is 729 g/mol. The van der Waals surface area contributed by atoms with Crippen molar-refractivity contribution in [1.82, 2.24) is 0 Å². The topological polar surface area (TPSA) is 28.2 Å². The summed E-state index contributed by atoms with van der Waals surface area (Å²) in [7, 11) is 9.75. The summed E-state index contributed by atoms with van der Waals surface area (Å²) in [5.74, 6) is 0. The molecule has 2 aliphatic heterocycles. The van der Waals surface area contributed by atoms with Gasteiger partial charge in [0.1, 0.15) is 0 Å². The molecule has 0 radical (unpaired) electrons. The Hall–Kier alpha value is -0.972. The number of para-hydroxylation sites is 2. The number of nitrogens with zero attached hydrogens (tertiary/aromatic N) is 2. The van der Waals surface area contributed by atoms with E-state index in [0.29, 0.717) is 0 Å². The SMILES string of the molecule is Clc1ccc2c(c1)[N-]c1ccccc1S2.Clc1ccc2c(c1)[N-]c1ccccc1S2.[Cl][Pt+2][Cl]. The molecule has 0 spiro atoms. The van der Waals surface area contributed by atoms with Crippen molar-refractivity contribution >= 4 is 88.3 Å². The third-order valence-corrected chi connectivity index (χ3v) is 7.22. The van der Waals surface area contributed by atoms with E-state index >= 15 is 0 Å².